The molecule has 208 valence electrons. The fourth-order valence-corrected chi connectivity index (χ4v) is 4.45. The van der Waals surface area contributed by atoms with Crippen molar-refractivity contribution >= 4 is 34.9 Å². The zero-order chi connectivity index (χ0) is 28.6. The Kier molecular flexibility index (Phi) is 8.67. The van der Waals surface area contributed by atoms with Gasteiger partial charge in [0.25, 0.3) is 5.91 Å². The summed E-state index contributed by atoms with van der Waals surface area (Å²) in [7, 11) is 0. The van der Waals surface area contributed by atoms with Crippen molar-refractivity contribution in [2.45, 2.75) is 55.9 Å². The molecule has 1 atom stereocenters. The van der Waals surface area contributed by atoms with E-state index in [4.69, 9.17) is 23.2 Å². The topological polar surface area (TPSA) is 29.1 Å². The van der Waals surface area contributed by atoms with Crippen molar-refractivity contribution in [2.75, 3.05) is 0 Å². The maximum absolute atomic E-state index is 14.9. The fraction of sp³-hybridized carbons (Fsp3) is 0.375. The lowest BCUT2D eigenvalue weighted by Gasteiger charge is -2.29. The molecule has 2 nitrogen and oxygen atoms in total. The molecule has 1 N–H and O–H groups in total. The van der Waals surface area contributed by atoms with Crippen molar-refractivity contribution in [2.24, 2.45) is 0 Å². The van der Waals surface area contributed by atoms with Gasteiger partial charge in [-0.3, -0.25) is 4.79 Å². The molecule has 1 amide bonds. The van der Waals surface area contributed by atoms with Gasteiger partial charge in [0.2, 0.25) is 5.92 Å². The number of allylic oxidation sites excluding steroid dienone is 1. The summed E-state index contributed by atoms with van der Waals surface area (Å²) in [4.78, 5) is 12.5. The second kappa shape index (κ2) is 11.0. The fourth-order valence-electron chi connectivity index (χ4n) is 3.95. The molecule has 0 saturated heterocycles. The van der Waals surface area contributed by atoms with Gasteiger partial charge in [-0.2, -0.15) is 26.3 Å². The number of hydrogen-bond donors (Lipinski definition) is 1. The minimum atomic E-state index is -5.22. The number of hydrogen-bond acceptors (Lipinski definition) is 1. The van der Waals surface area contributed by atoms with Gasteiger partial charge in [-0.25, -0.2) is 17.6 Å². The molecule has 3 rings (SSSR count). The van der Waals surface area contributed by atoms with Crippen molar-refractivity contribution < 1.29 is 48.7 Å². The molecular weight excluding hydrogens is 579 g/mol. The molecule has 0 aliphatic heterocycles. The molecule has 0 bridgehead atoms. The van der Waals surface area contributed by atoms with Crippen molar-refractivity contribution in [1.82, 2.24) is 5.32 Å². The van der Waals surface area contributed by atoms with Gasteiger partial charge in [-0.1, -0.05) is 29.3 Å². The third-order valence-corrected chi connectivity index (χ3v) is 6.48. The number of carbonyl (C=O) groups excluding carboxylic acids is 1. The normalized spacial score (nSPS) is 17.8. The van der Waals surface area contributed by atoms with Crippen LogP contribution in [0.4, 0.5) is 43.9 Å². The summed E-state index contributed by atoms with van der Waals surface area (Å²) in [5.74, 6) is -9.90. The van der Waals surface area contributed by atoms with Crippen molar-refractivity contribution in [3.05, 3.63) is 74.5 Å². The van der Waals surface area contributed by atoms with E-state index >= 15 is 0 Å². The van der Waals surface area contributed by atoms with E-state index in [1.807, 2.05) is 0 Å². The van der Waals surface area contributed by atoms with Crippen LogP contribution in [0.5, 0.6) is 0 Å². The number of nitrogens with one attached hydrogen (secondary N) is 1. The Hall–Kier alpha value is -2.47. The molecule has 1 saturated carbocycles. The second-order valence-corrected chi connectivity index (χ2v) is 9.51. The van der Waals surface area contributed by atoms with E-state index in [-0.39, 0.29) is 25.0 Å². The maximum Gasteiger partial charge on any atom is 0.417 e. The molecular formula is C24H17Cl2F10NO. The van der Waals surface area contributed by atoms with Crippen LogP contribution >= 0.6 is 23.2 Å². The lowest BCUT2D eigenvalue weighted by atomic mass is 9.91. The van der Waals surface area contributed by atoms with E-state index in [0.29, 0.717) is 24.3 Å². The maximum atomic E-state index is 14.9. The molecule has 1 fully saturated rings. The number of alkyl halides is 8. The van der Waals surface area contributed by atoms with Gasteiger partial charge in [0.15, 0.2) is 5.82 Å². The molecule has 2 aromatic carbocycles. The average molecular weight is 596 g/mol. The first-order chi connectivity index (χ1) is 17.4. The van der Waals surface area contributed by atoms with Gasteiger partial charge in [-0.05, 0) is 48.7 Å². The highest BCUT2D eigenvalue weighted by molar-refractivity contribution is 6.35. The Morgan fingerprint density at radius 2 is 1.55 bits per heavy atom. The smallest absolute Gasteiger partial charge is 0.349 e. The Bertz CT molecular complexity index is 1210. The van der Waals surface area contributed by atoms with Gasteiger partial charge in [-0.15, -0.1) is 0 Å². The summed E-state index contributed by atoms with van der Waals surface area (Å²) in [6.07, 6.45) is -11.9. The minimum absolute atomic E-state index is 0.0304. The summed E-state index contributed by atoms with van der Waals surface area (Å²) < 4.78 is 137. The molecule has 2 aromatic rings. The molecule has 1 aliphatic rings. The van der Waals surface area contributed by atoms with Gasteiger partial charge >= 0.3 is 12.4 Å². The van der Waals surface area contributed by atoms with E-state index < -0.39 is 92.9 Å². The quantitative estimate of drug-likeness (QED) is 0.271. The minimum Gasteiger partial charge on any atom is -0.349 e. The van der Waals surface area contributed by atoms with Crippen LogP contribution in [0.1, 0.15) is 58.6 Å². The standard InChI is InChI=1S/C24H17Cl2F10NO/c25-17-8-12(9-18(26)20(17)28)15(23(31,32)33)10-19(27)11-1-2-14(16(7-11)24(34,35)36)21(38)37-13-3-5-22(29,30)6-4-13/h1-2,7-10,13,15H,3-6H2,(H,37,38). The van der Waals surface area contributed by atoms with Crippen LogP contribution in [0.15, 0.2) is 36.4 Å². The van der Waals surface area contributed by atoms with Gasteiger partial charge in [0.1, 0.15) is 11.7 Å². The summed E-state index contributed by atoms with van der Waals surface area (Å²) in [5, 5.41) is 0.667. The first-order valence-electron chi connectivity index (χ1n) is 10.9. The van der Waals surface area contributed by atoms with Crippen molar-refractivity contribution in [1.29, 1.82) is 0 Å². The van der Waals surface area contributed by atoms with Crippen LogP contribution in [0.25, 0.3) is 5.83 Å². The Morgan fingerprint density at radius 3 is 2.05 bits per heavy atom. The lowest BCUT2D eigenvalue weighted by molar-refractivity contribution is -0.140. The van der Waals surface area contributed by atoms with Gasteiger partial charge in [0.05, 0.1) is 21.2 Å². The molecule has 0 radical (unpaired) electrons. The highest BCUT2D eigenvalue weighted by Crippen LogP contribution is 2.42. The summed E-state index contributed by atoms with van der Waals surface area (Å²) in [6.45, 7) is 0. The highest BCUT2D eigenvalue weighted by atomic mass is 35.5. The number of halogens is 12. The van der Waals surface area contributed by atoms with E-state index in [9.17, 15) is 48.7 Å². The third-order valence-electron chi connectivity index (χ3n) is 5.93. The predicted molar refractivity (Wildman–Crippen MR) is 120 cm³/mol. The summed E-state index contributed by atoms with van der Waals surface area (Å²) in [6, 6.07) is 1.70. The average Bonchev–Trinajstić information content (AvgIpc) is 2.80. The van der Waals surface area contributed by atoms with Crippen LogP contribution in [0.2, 0.25) is 10.0 Å². The number of carbonyl (C=O) groups is 1. The Balaban J connectivity index is 1.96. The van der Waals surface area contributed by atoms with Gasteiger partial charge in [0, 0.05) is 24.4 Å². The van der Waals surface area contributed by atoms with E-state index in [1.165, 1.54) is 0 Å². The molecule has 1 aliphatic carbocycles. The SMILES string of the molecule is O=C(NC1CCC(F)(F)CC1)c1ccc(C(F)=CC(c2cc(Cl)c(F)c(Cl)c2)C(F)(F)F)cc1C(F)(F)F. The lowest BCUT2D eigenvalue weighted by Crippen LogP contribution is -2.40. The monoisotopic (exact) mass is 595 g/mol. The molecule has 1 unspecified atom stereocenters. The van der Waals surface area contributed by atoms with Crippen LogP contribution in [0.3, 0.4) is 0 Å². The van der Waals surface area contributed by atoms with Crippen LogP contribution in [-0.4, -0.2) is 24.0 Å². The van der Waals surface area contributed by atoms with Crippen molar-refractivity contribution in [3.63, 3.8) is 0 Å². The number of benzene rings is 2. The second-order valence-electron chi connectivity index (χ2n) is 8.69. The zero-order valence-electron chi connectivity index (χ0n) is 18.9. The van der Waals surface area contributed by atoms with Crippen LogP contribution in [0, 0.1) is 5.82 Å². The largest absolute Gasteiger partial charge is 0.417 e. The van der Waals surface area contributed by atoms with Crippen molar-refractivity contribution in [3.8, 4) is 0 Å². The molecule has 38 heavy (non-hydrogen) atoms. The molecule has 14 heteroatoms. The number of rotatable bonds is 5. The predicted octanol–water partition coefficient (Wildman–Crippen LogP) is 9.12. The third kappa shape index (κ3) is 7.13. The number of amides is 1. The van der Waals surface area contributed by atoms with Crippen LogP contribution < -0.4 is 5.32 Å². The Morgan fingerprint density at radius 1 is 1.00 bits per heavy atom. The molecule has 0 heterocycles. The molecule has 0 spiro atoms. The summed E-state index contributed by atoms with van der Waals surface area (Å²) >= 11 is 11.1. The van der Waals surface area contributed by atoms with E-state index in [1.54, 1.807) is 0 Å². The molecule has 0 aromatic heterocycles. The van der Waals surface area contributed by atoms with E-state index in [2.05, 4.69) is 5.32 Å². The zero-order valence-corrected chi connectivity index (χ0v) is 20.4. The first kappa shape index (κ1) is 30.1. The van der Waals surface area contributed by atoms with Gasteiger partial charge < -0.3 is 5.32 Å². The summed E-state index contributed by atoms with van der Waals surface area (Å²) in [5.41, 5.74) is -4.31. The highest BCUT2D eigenvalue weighted by Gasteiger charge is 2.41. The van der Waals surface area contributed by atoms with E-state index in [0.717, 1.165) is 0 Å². The van der Waals surface area contributed by atoms with Crippen LogP contribution in [-0.2, 0) is 6.18 Å². The first-order valence-corrected chi connectivity index (χ1v) is 11.6. The Labute approximate surface area is 219 Å².